The highest BCUT2D eigenvalue weighted by Crippen LogP contribution is 2.42. The monoisotopic (exact) mass is 200 g/mol. The van der Waals surface area contributed by atoms with E-state index in [1.807, 2.05) is 41.5 Å². The second-order valence-electron chi connectivity index (χ2n) is 2.89. The van der Waals surface area contributed by atoms with E-state index >= 15 is 0 Å². The van der Waals surface area contributed by atoms with E-state index in [0.717, 1.165) is 0 Å². The zero-order valence-electron chi connectivity index (χ0n) is 7.06. The predicted octanol–water partition coefficient (Wildman–Crippen LogP) is 2.29. The maximum Gasteiger partial charge on any atom is 0.0947 e. The van der Waals surface area contributed by atoms with Crippen molar-refractivity contribution in [2.24, 2.45) is 7.05 Å². The molecule has 0 aromatic carbocycles. The summed E-state index contributed by atoms with van der Waals surface area (Å²) >= 11 is 4.03. The molecule has 1 saturated heterocycles. The molecule has 0 saturated carbocycles. The Morgan fingerprint density at radius 1 is 1.50 bits per heavy atom. The Balaban J connectivity index is 2.08. The van der Waals surface area contributed by atoms with Crippen LogP contribution in [0, 0.1) is 0 Å². The van der Waals surface area contributed by atoms with Crippen molar-refractivity contribution in [3.05, 3.63) is 18.2 Å². The van der Waals surface area contributed by atoms with Gasteiger partial charge in [0.1, 0.15) is 0 Å². The summed E-state index contributed by atoms with van der Waals surface area (Å²) in [6.07, 6.45) is 5.35. The highest BCUT2D eigenvalue weighted by atomic mass is 32.2. The van der Waals surface area contributed by atoms with Gasteiger partial charge in [0.25, 0.3) is 0 Å². The van der Waals surface area contributed by atoms with Gasteiger partial charge in [-0.05, 0) is 17.9 Å². The van der Waals surface area contributed by atoms with Crippen molar-refractivity contribution in [2.45, 2.75) is 11.0 Å². The van der Waals surface area contributed by atoms with E-state index in [1.165, 1.54) is 23.6 Å². The smallest absolute Gasteiger partial charge is 0.0947 e. The third-order valence-electron chi connectivity index (χ3n) is 1.79. The van der Waals surface area contributed by atoms with E-state index in [1.54, 1.807) is 0 Å². The molecule has 1 aliphatic heterocycles. The molecular weight excluding hydrogens is 188 g/mol. The van der Waals surface area contributed by atoms with Crippen LogP contribution in [0.5, 0.6) is 0 Å². The maximum absolute atomic E-state index is 4.36. The molecule has 0 unspecified atom stereocenters. The molecule has 66 valence electrons. The summed E-state index contributed by atoms with van der Waals surface area (Å²) < 4.78 is 2.60. The summed E-state index contributed by atoms with van der Waals surface area (Å²) in [5.41, 5.74) is 1.23. The minimum Gasteiger partial charge on any atom is -0.340 e. The highest BCUT2D eigenvalue weighted by molar-refractivity contribution is 8.16. The van der Waals surface area contributed by atoms with Crippen molar-refractivity contribution in [3.63, 3.8) is 0 Å². The van der Waals surface area contributed by atoms with Crippen LogP contribution in [0.2, 0.25) is 0 Å². The first-order chi connectivity index (χ1) is 5.86. The zero-order valence-corrected chi connectivity index (χ0v) is 8.70. The average molecular weight is 200 g/mol. The standard InChI is InChI=1S/C8H12N2S2/c1-10-5-7(9-6-10)8-11-3-2-4-12-8/h5-6,8H,2-4H2,1H3. The summed E-state index contributed by atoms with van der Waals surface area (Å²) in [6.45, 7) is 0. The molecule has 1 aromatic rings. The van der Waals surface area contributed by atoms with Gasteiger partial charge in [0, 0.05) is 13.2 Å². The molecule has 1 fully saturated rings. The number of nitrogens with zero attached hydrogens (tertiary/aromatic N) is 2. The van der Waals surface area contributed by atoms with Gasteiger partial charge in [0.15, 0.2) is 0 Å². The Hall–Kier alpha value is -0.0900. The van der Waals surface area contributed by atoms with E-state index in [0.29, 0.717) is 4.58 Å². The van der Waals surface area contributed by atoms with Crippen molar-refractivity contribution >= 4 is 23.5 Å². The van der Waals surface area contributed by atoms with Crippen molar-refractivity contribution in [3.8, 4) is 0 Å². The first-order valence-corrected chi connectivity index (χ1v) is 6.17. The van der Waals surface area contributed by atoms with Crippen LogP contribution in [0.1, 0.15) is 16.7 Å². The third-order valence-corrected chi connectivity index (χ3v) is 4.75. The summed E-state index contributed by atoms with van der Waals surface area (Å²) in [6, 6.07) is 0. The van der Waals surface area contributed by atoms with Crippen molar-refractivity contribution in [1.82, 2.24) is 9.55 Å². The van der Waals surface area contributed by atoms with E-state index < -0.39 is 0 Å². The molecule has 0 bridgehead atoms. The largest absolute Gasteiger partial charge is 0.340 e. The third kappa shape index (κ3) is 1.80. The average Bonchev–Trinajstić information content (AvgIpc) is 2.54. The minimum atomic E-state index is 0.583. The molecule has 0 radical (unpaired) electrons. The van der Waals surface area contributed by atoms with Gasteiger partial charge in [0.05, 0.1) is 16.6 Å². The number of aryl methyl sites for hydroxylation is 1. The molecule has 2 rings (SSSR count). The van der Waals surface area contributed by atoms with Crippen LogP contribution < -0.4 is 0 Å². The van der Waals surface area contributed by atoms with Crippen LogP contribution in [0.4, 0.5) is 0 Å². The summed E-state index contributed by atoms with van der Waals surface area (Å²) in [4.78, 5) is 4.36. The predicted molar refractivity (Wildman–Crippen MR) is 55.5 cm³/mol. The van der Waals surface area contributed by atoms with Gasteiger partial charge >= 0.3 is 0 Å². The highest BCUT2D eigenvalue weighted by Gasteiger charge is 2.18. The van der Waals surface area contributed by atoms with Gasteiger partial charge in [-0.15, -0.1) is 23.5 Å². The van der Waals surface area contributed by atoms with Crippen LogP contribution >= 0.6 is 23.5 Å². The van der Waals surface area contributed by atoms with Crippen LogP contribution in [0.3, 0.4) is 0 Å². The van der Waals surface area contributed by atoms with Gasteiger partial charge in [0.2, 0.25) is 0 Å². The van der Waals surface area contributed by atoms with Gasteiger partial charge < -0.3 is 4.57 Å². The molecule has 2 nitrogen and oxygen atoms in total. The van der Waals surface area contributed by atoms with Gasteiger partial charge in [-0.2, -0.15) is 0 Å². The van der Waals surface area contributed by atoms with E-state index in [2.05, 4.69) is 11.2 Å². The fourth-order valence-corrected chi connectivity index (χ4v) is 3.99. The lowest BCUT2D eigenvalue weighted by Gasteiger charge is -2.18. The Bertz CT molecular complexity index is 253. The molecular formula is C8H12N2S2. The zero-order chi connectivity index (χ0) is 8.39. The topological polar surface area (TPSA) is 17.8 Å². The SMILES string of the molecule is Cn1cnc(C2SCCCS2)c1. The molecule has 4 heteroatoms. The molecule has 0 N–H and O–H groups in total. The lowest BCUT2D eigenvalue weighted by molar-refractivity contribution is 0.912. The van der Waals surface area contributed by atoms with Crippen LogP contribution in [-0.2, 0) is 7.05 Å². The maximum atomic E-state index is 4.36. The van der Waals surface area contributed by atoms with E-state index in [9.17, 15) is 0 Å². The number of thioether (sulfide) groups is 2. The molecule has 0 aliphatic carbocycles. The number of hydrogen-bond donors (Lipinski definition) is 0. The first kappa shape index (κ1) is 8.51. The Morgan fingerprint density at radius 2 is 2.25 bits per heavy atom. The van der Waals surface area contributed by atoms with Crippen molar-refractivity contribution < 1.29 is 0 Å². The molecule has 2 heterocycles. The molecule has 12 heavy (non-hydrogen) atoms. The lowest BCUT2D eigenvalue weighted by atomic mass is 10.5. The number of imidazole rings is 1. The number of hydrogen-bond acceptors (Lipinski definition) is 3. The van der Waals surface area contributed by atoms with Gasteiger partial charge in [-0.1, -0.05) is 0 Å². The quantitative estimate of drug-likeness (QED) is 0.692. The van der Waals surface area contributed by atoms with Crippen LogP contribution in [-0.4, -0.2) is 21.1 Å². The number of aromatic nitrogens is 2. The molecule has 0 spiro atoms. The molecule has 1 aliphatic rings. The fourth-order valence-electron chi connectivity index (χ4n) is 1.21. The molecule has 1 aromatic heterocycles. The second-order valence-corrected chi connectivity index (χ2v) is 5.62. The molecule has 0 amide bonds. The Morgan fingerprint density at radius 3 is 2.83 bits per heavy atom. The summed E-state index contributed by atoms with van der Waals surface area (Å²) in [5, 5.41) is 0. The number of rotatable bonds is 1. The summed E-state index contributed by atoms with van der Waals surface area (Å²) in [7, 11) is 2.02. The minimum absolute atomic E-state index is 0.583. The fraction of sp³-hybridized carbons (Fsp3) is 0.625. The van der Waals surface area contributed by atoms with Gasteiger partial charge in [-0.25, -0.2) is 4.98 Å². The van der Waals surface area contributed by atoms with Gasteiger partial charge in [-0.3, -0.25) is 0 Å². The summed E-state index contributed by atoms with van der Waals surface area (Å²) in [5.74, 6) is 2.57. The lowest BCUT2D eigenvalue weighted by Crippen LogP contribution is -2.00. The Kier molecular flexibility index (Phi) is 2.66. The first-order valence-electron chi connectivity index (χ1n) is 4.07. The van der Waals surface area contributed by atoms with E-state index in [-0.39, 0.29) is 0 Å². The Labute approximate surface area is 81.1 Å². The normalized spacial score (nSPS) is 19.8. The second kappa shape index (κ2) is 3.75. The van der Waals surface area contributed by atoms with Crippen molar-refractivity contribution in [1.29, 1.82) is 0 Å². The van der Waals surface area contributed by atoms with Crippen LogP contribution in [0.15, 0.2) is 12.5 Å². The van der Waals surface area contributed by atoms with Crippen LogP contribution in [0.25, 0.3) is 0 Å². The molecule has 0 atom stereocenters. The van der Waals surface area contributed by atoms with Crippen molar-refractivity contribution in [2.75, 3.05) is 11.5 Å². The van der Waals surface area contributed by atoms with E-state index in [4.69, 9.17) is 0 Å².